The predicted molar refractivity (Wildman–Crippen MR) is 136 cm³/mol. The highest BCUT2D eigenvalue weighted by molar-refractivity contribution is 6.32. The van der Waals surface area contributed by atoms with E-state index in [2.05, 4.69) is 25.7 Å². The third kappa shape index (κ3) is 5.01. The Balaban J connectivity index is 1.55. The van der Waals surface area contributed by atoms with Crippen molar-refractivity contribution in [2.24, 2.45) is 0 Å². The van der Waals surface area contributed by atoms with E-state index in [4.69, 9.17) is 11.6 Å². The molecule has 0 saturated carbocycles. The average molecular weight is 554 g/mol. The fourth-order valence-corrected chi connectivity index (χ4v) is 5.08. The zero-order chi connectivity index (χ0) is 27.0. The summed E-state index contributed by atoms with van der Waals surface area (Å²) in [5.41, 5.74) is -0.433. The molecule has 5 rings (SSSR count). The lowest BCUT2D eigenvalue weighted by Crippen LogP contribution is -2.47. The first-order valence-electron chi connectivity index (χ1n) is 12.4. The smallest absolute Gasteiger partial charge is 0.363 e. The van der Waals surface area contributed by atoms with Gasteiger partial charge in [-0.2, -0.15) is 22.7 Å². The Kier molecular flexibility index (Phi) is 7.18. The number of aromatic nitrogens is 5. The molecule has 0 aliphatic carbocycles. The Morgan fingerprint density at radius 3 is 2.45 bits per heavy atom. The highest BCUT2D eigenvalue weighted by Gasteiger charge is 2.33. The number of nitrogens with one attached hydrogen (secondary N) is 2. The number of amides is 1. The molecule has 15 heteroatoms. The molecule has 2 saturated heterocycles. The summed E-state index contributed by atoms with van der Waals surface area (Å²) in [5.74, 6) is 0.0772. The summed E-state index contributed by atoms with van der Waals surface area (Å²) in [7, 11) is 0. The first kappa shape index (κ1) is 26.2. The lowest BCUT2D eigenvalue weighted by Gasteiger charge is -2.31. The molecule has 0 bridgehead atoms. The predicted octanol–water partition coefficient (Wildman–Crippen LogP) is 2.17. The van der Waals surface area contributed by atoms with Crippen LogP contribution in [-0.2, 0) is 23.9 Å². The van der Waals surface area contributed by atoms with Crippen LogP contribution >= 0.6 is 11.6 Å². The fraction of sp³-hybridized carbons (Fsp3) is 0.522. The summed E-state index contributed by atoms with van der Waals surface area (Å²) in [4.78, 5) is 38.8. The van der Waals surface area contributed by atoms with Gasteiger partial charge in [0.1, 0.15) is 17.9 Å². The van der Waals surface area contributed by atoms with Crippen molar-refractivity contribution >= 4 is 40.6 Å². The minimum atomic E-state index is -4.66. The van der Waals surface area contributed by atoms with Crippen LogP contribution in [0, 0.1) is 0 Å². The average Bonchev–Trinajstić information content (AvgIpc) is 3.57. The van der Waals surface area contributed by atoms with Gasteiger partial charge in [0.05, 0.1) is 11.4 Å². The molecule has 0 radical (unpaired) electrons. The van der Waals surface area contributed by atoms with Gasteiger partial charge in [-0.05, 0) is 31.4 Å². The molecule has 2 aliphatic heterocycles. The van der Waals surface area contributed by atoms with Crippen molar-refractivity contribution < 1.29 is 18.0 Å². The highest BCUT2D eigenvalue weighted by Crippen LogP contribution is 2.31. The number of anilines is 3. The topological polar surface area (TPSA) is 113 Å². The molecule has 204 valence electrons. The van der Waals surface area contributed by atoms with E-state index in [1.54, 1.807) is 4.57 Å². The summed E-state index contributed by atoms with van der Waals surface area (Å²) in [6, 6.07) is 1.81. The number of fused-ring (bicyclic) bond motifs is 1. The van der Waals surface area contributed by atoms with E-state index in [9.17, 15) is 22.8 Å². The van der Waals surface area contributed by atoms with E-state index in [-0.39, 0.29) is 23.6 Å². The van der Waals surface area contributed by atoms with Crippen LogP contribution in [0.2, 0.25) is 5.15 Å². The third-order valence-corrected chi connectivity index (χ3v) is 6.97. The van der Waals surface area contributed by atoms with Crippen molar-refractivity contribution in [3.63, 3.8) is 0 Å². The number of rotatable bonds is 6. The summed E-state index contributed by atoms with van der Waals surface area (Å²) >= 11 is 5.94. The third-order valence-electron chi connectivity index (χ3n) is 6.69. The molecule has 3 aromatic heterocycles. The van der Waals surface area contributed by atoms with Gasteiger partial charge in [0.25, 0.3) is 5.56 Å². The molecule has 2 fully saturated rings. The number of hydrogen-bond donors (Lipinski definition) is 2. The summed E-state index contributed by atoms with van der Waals surface area (Å²) in [6.45, 7) is 5.81. The second-order valence-electron chi connectivity index (χ2n) is 9.18. The van der Waals surface area contributed by atoms with Crippen molar-refractivity contribution in [1.82, 2.24) is 29.5 Å². The van der Waals surface area contributed by atoms with Crippen LogP contribution in [0.3, 0.4) is 0 Å². The number of hydrogen-bond acceptors (Lipinski definition) is 8. The highest BCUT2D eigenvalue weighted by atomic mass is 35.5. The molecule has 0 unspecified atom stereocenters. The van der Waals surface area contributed by atoms with E-state index in [1.807, 2.05) is 16.7 Å². The van der Waals surface area contributed by atoms with Gasteiger partial charge in [-0.1, -0.05) is 18.5 Å². The number of carbonyl (C=O) groups is 1. The number of piperazine rings is 1. The van der Waals surface area contributed by atoms with Crippen molar-refractivity contribution in [3.05, 3.63) is 39.0 Å². The van der Waals surface area contributed by atoms with Crippen LogP contribution in [0.4, 0.5) is 30.5 Å². The van der Waals surface area contributed by atoms with E-state index in [0.717, 1.165) is 38.1 Å². The maximum Gasteiger partial charge on any atom is 0.433 e. The molecule has 0 aromatic carbocycles. The molecule has 1 amide bonds. The van der Waals surface area contributed by atoms with Crippen LogP contribution in [0.25, 0.3) is 5.78 Å². The molecular formula is C23H27ClF3N9O2. The zero-order valence-corrected chi connectivity index (χ0v) is 21.4. The van der Waals surface area contributed by atoms with Crippen molar-refractivity contribution in [3.8, 4) is 0 Å². The maximum absolute atomic E-state index is 13.7. The second kappa shape index (κ2) is 10.4. The quantitative estimate of drug-likeness (QED) is 0.447. The molecule has 0 atom stereocenters. The molecule has 11 nitrogen and oxygen atoms in total. The van der Waals surface area contributed by atoms with E-state index >= 15 is 0 Å². The fourth-order valence-electron chi connectivity index (χ4n) is 4.88. The number of carbonyl (C=O) groups excluding carboxylic acids is 1. The van der Waals surface area contributed by atoms with Gasteiger partial charge in [0, 0.05) is 39.3 Å². The molecule has 5 heterocycles. The lowest BCUT2D eigenvalue weighted by molar-refractivity contribution is -0.141. The molecule has 0 spiro atoms. The van der Waals surface area contributed by atoms with Gasteiger partial charge in [-0.3, -0.25) is 9.59 Å². The first-order chi connectivity index (χ1) is 18.2. The second-order valence-corrected chi connectivity index (χ2v) is 9.53. The molecule has 2 aliphatic rings. The zero-order valence-electron chi connectivity index (χ0n) is 20.7. The minimum absolute atomic E-state index is 0.0543. The van der Waals surface area contributed by atoms with E-state index in [1.165, 1.54) is 4.52 Å². The van der Waals surface area contributed by atoms with Crippen molar-refractivity contribution in [2.45, 2.75) is 38.9 Å². The molecular weight excluding hydrogens is 527 g/mol. The Morgan fingerprint density at radius 1 is 1.11 bits per heavy atom. The summed E-state index contributed by atoms with van der Waals surface area (Å²) in [5, 5.41) is 9.84. The normalized spacial score (nSPS) is 16.4. The number of halogens is 4. The van der Waals surface area contributed by atoms with E-state index in [0.29, 0.717) is 49.9 Å². The van der Waals surface area contributed by atoms with Crippen LogP contribution in [0.1, 0.15) is 31.2 Å². The van der Waals surface area contributed by atoms with Gasteiger partial charge < -0.3 is 25.0 Å². The first-order valence-corrected chi connectivity index (χ1v) is 12.8. The Morgan fingerprint density at radius 2 is 1.82 bits per heavy atom. The number of alkyl halides is 3. The van der Waals surface area contributed by atoms with Gasteiger partial charge in [-0.25, -0.2) is 4.98 Å². The van der Waals surface area contributed by atoms with Gasteiger partial charge in [0.15, 0.2) is 5.15 Å². The lowest BCUT2D eigenvalue weighted by atomic mass is 10.2. The number of pyridine rings is 1. The Bertz CT molecular complexity index is 1410. The largest absolute Gasteiger partial charge is 0.433 e. The van der Waals surface area contributed by atoms with Gasteiger partial charge in [-0.15, -0.1) is 5.10 Å². The van der Waals surface area contributed by atoms with Crippen LogP contribution in [-0.4, -0.2) is 69.3 Å². The molecule has 2 N–H and O–H groups in total. The molecule has 38 heavy (non-hydrogen) atoms. The van der Waals surface area contributed by atoms with Crippen LogP contribution < -0.4 is 26.0 Å². The van der Waals surface area contributed by atoms with E-state index < -0.39 is 22.9 Å². The standard InChI is InChI=1S/C23H27ClF3N9O2/c1-2-15-18(33-11-7-28-8-12-33)20(38)36-22(31-21(32-36)34-9-3-4-10-34)35(15)13-17(37)29-14-5-6-16(23(25,26)27)30-19(14)24/h5-6,28H,2-4,7-13H2,1H3,(H,29,37). The van der Waals surface area contributed by atoms with Crippen LogP contribution in [0.5, 0.6) is 0 Å². The van der Waals surface area contributed by atoms with Crippen molar-refractivity contribution in [1.29, 1.82) is 0 Å². The SMILES string of the molecule is CCc1c(N2CCNCC2)c(=O)n2nc(N3CCCC3)nc2n1CC(=O)Nc1ccc(C(F)(F)F)nc1Cl. The maximum atomic E-state index is 13.7. The number of nitrogens with zero attached hydrogens (tertiary/aromatic N) is 7. The van der Waals surface area contributed by atoms with Gasteiger partial charge >= 0.3 is 6.18 Å². The van der Waals surface area contributed by atoms with Crippen molar-refractivity contribution in [2.75, 3.05) is 54.4 Å². The Labute approximate surface area is 220 Å². The minimum Gasteiger partial charge on any atom is -0.363 e. The summed E-state index contributed by atoms with van der Waals surface area (Å²) < 4.78 is 41.8. The monoisotopic (exact) mass is 553 g/mol. The Hall–Kier alpha value is -3.39. The van der Waals surface area contributed by atoms with Crippen LogP contribution in [0.15, 0.2) is 16.9 Å². The summed E-state index contributed by atoms with van der Waals surface area (Å²) in [6.07, 6.45) is -2.23. The molecule has 3 aromatic rings. The van der Waals surface area contributed by atoms with Gasteiger partial charge in [0.2, 0.25) is 17.6 Å².